The van der Waals surface area contributed by atoms with Crippen LogP contribution in [-0.2, 0) is 0 Å². The highest BCUT2D eigenvalue weighted by atomic mass is 15.2. The van der Waals surface area contributed by atoms with Crippen molar-refractivity contribution in [1.82, 2.24) is 10.2 Å². The molecule has 0 radical (unpaired) electrons. The van der Waals surface area contributed by atoms with Crippen LogP contribution in [-0.4, -0.2) is 37.6 Å². The van der Waals surface area contributed by atoms with Gasteiger partial charge in [-0.05, 0) is 58.0 Å². The predicted octanol–water partition coefficient (Wildman–Crippen LogP) is 3.52. The summed E-state index contributed by atoms with van der Waals surface area (Å²) in [6.45, 7) is 13.1. The molecular formula is C16H34N2. The van der Waals surface area contributed by atoms with Crippen molar-refractivity contribution in [1.29, 1.82) is 0 Å². The van der Waals surface area contributed by atoms with Gasteiger partial charge in [0.1, 0.15) is 0 Å². The van der Waals surface area contributed by atoms with Crippen LogP contribution < -0.4 is 5.32 Å². The maximum absolute atomic E-state index is 3.45. The van der Waals surface area contributed by atoms with Gasteiger partial charge in [-0.25, -0.2) is 0 Å². The van der Waals surface area contributed by atoms with Gasteiger partial charge in [-0.2, -0.15) is 0 Å². The molecule has 1 aliphatic carbocycles. The smallest absolute Gasteiger partial charge is 0.00528 e. The largest absolute Gasteiger partial charge is 0.319 e. The first kappa shape index (κ1) is 16.0. The van der Waals surface area contributed by atoms with E-state index in [9.17, 15) is 0 Å². The van der Waals surface area contributed by atoms with E-state index >= 15 is 0 Å². The molecule has 0 atom stereocenters. The van der Waals surface area contributed by atoms with Crippen molar-refractivity contribution in [3.8, 4) is 0 Å². The molecule has 0 aromatic carbocycles. The monoisotopic (exact) mass is 254 g/mol. The van der Waals surface area contributed by atoms with Crippen LogP contribution in [0.5, 0.6) is 0 Å². The lowest BCUT2D eigenvalue weighted by Crippen LogP contribution is -2.47. The zero-order valence-electron chi connectivity index (χ0n) is 13.3. The number of rotatable bonds is 7. The van der Waals surface area contributed by atoms with Gasteiger partial charge >= 0.3 is 0 Å². The van der Waals surface area contributed by atoms with Crippen LogP contribution in [0.15, 0.2) is 0 Å². The van der Waals surface area contributed by atoms with E-state index in [-0.39, 0.29) is 0 Å². The summed E-state index contributed by atoms with van der Waals surface area (Å²) in [4.78, 5) is 2.69. The molecule has 0 saturated heterocycles. The molecule has 1 fully saturated rings. The maximum atomic E-state index is 3.45. The second-order valence-corrected chi connectivity index (χ2v) is 6.78. The maximum Gasteiger partial charge on any atom is 0.00528 e. The SMILES string of the molecule is CCCN(CC1(CNC)CCC(C)CC1)C(C)C. The Kier molecular flexibility index (Phi) is 6.65. The zero-order chi connectivity index (χ0) is 13.6. The Hall–Kier alpha value is -0.0800. The second-order valence-electron chi connectivity index (χ2n) is 6.78. The third kappa shape index (κ3) is 4.55. The summed E-state index contributed by atoms with van der Waals surface area (Å²) < 4.78 is 0. The molecule has 0 heterocycles. The van der Waals surface area contributed by atoms with Crippen molar-refractivity contribution in [3.05, 3.63) is 0 Å². The molecule has 1 saturated carbocycles. The van der Waals surface area contributed by atoms with Crippen molar-refractivity contribution in [2.24, 2.45) is 11.3 Å². The summed E-state index contributed by atoms with van der Waals surface area (Å²) in [7, 11) is 2.11. The molecule has 0 aromatic heterocycles. The zero-order valence-corrected chi connectivity index (χ0v) is 13.3. The van der Waals surface area contributed by atoms with Gasteiger partial charge in [0.15, 0.2) is 0 Å². The van der Waals surface area contributed by atoms with Gasteiger partial charge in [0, 0.05) is 19.1 Å². The fourth-order valence-corrected chi connectivity index (χ4v) is 3.38. The molecule has 1 aliphatic rings. The Labute approximate surface area is 115 Å². The van der Waals surface area contributed by atoms with Crippen molar-refractivity contribution >= 4 is 0 Å². The van der Waals surface area contributed by atoms with E-state index in [1.54, 1.807) is 0 Å². The van der Waals surface area contributed by atoms with E-state index in [0.29, 0.717) is 11.5 Å². The van der Waals surface area contributed by atoms with Gasteiger partial charge in [-0.1, -0.05) is 26.7 Å². The van der Waals surface area contributed by atoms with Crippen LogP contribution in [0.3, 0.4) is 0 Å². The van der Waals surface area contributed by atoms with Gasteiger partial charge in [0.2, 0.25) is 0 Å². The quantitative estimate of drug-likeness (QED) is 0.748. The summed E-state index contributed by atoms with van der Waals surface area (Å²) in [6, 6.07) is 0.679. The van der Waals surface area contributed by atoms with Crippen molar-refractivity contribution in [2.45, 2.75) is 65.8 Å². The Morgan fingerprint density at radius 3 is 2.33 bits per heavy atom. The lowest BCUT2D eigenvalue weighted by atomic mass is 9.70. The summed E-state index contributed by atoms with van der Waals surface area (Å²) in [5.41, 5.74) is 0.528. The molecule has 1 N–H and O–H groups in total. The minimum absolute atomic E-state index is 0.528. The van der Waals surface area contributed by atoms with Crippen LogP contribution in [0.4, 0.5) is 0 Å². The predicted molar refractivity (Wildman–Crippen MR) is 81.0 cm³/mol. The number of hydrogen-bond acceptors (Lipinski definition) is 2. The van der Waals surface area contributed by atoms with Crippen LogP contribution in [0, 0.1) is 11.3 Å². The molecule has 18 heavy (non-hydrogen) atoms. The molecule has 0 aromatic rings. The lowest BCUT2D eigenvalue weighted by molar-refractivity contribution is 0.0721. The van der Waals surface area contributed by atoms with Gasteiger partial charge in [-0.3, -0.25) is 0 Å². The van der Waals surface area contributed by atoms with E-state index in [2.05, 4.69) is 45.0 Å². The van der Waals surface area contributed by atoms with Crippen LogP contribution >= 0.6 is 0 Å². The molecule has 108 valence electrons. The molecule has 0 unspecified atom stereocenters. The summed E-state index contributed by atoms with van der Waals surface area (Å²) in [5, 5.41) is 3.45. The van der Waals surface area contributed by atoms with Crippen LogP contribution in [0.2, 0.25) is 0 Å². The highest BCUT2D eigenvalue weighted by Gasteiger charge is 2.35. The molecule has 0 amide bonds. The fourth-order valence-electron chi connectivity index (χ4n) is 3.38. The summed E-state index contributed by atoms with van der Waals surface area (Å²) in [5.74, 6) is 0.939. The summed E-state index contributed by atoms with van der Waals surface area (Å²) in [6.07, 6.45) is 6.91. The number of nitrogens with one attached hydrogen (secondary N) is 1. The molecule has 0 bridgehead atoms. The lowest BCUT2D eigenvalue weighted by Gasteiger charge is -2.44. The Balaban J connectivity index is 2.65. The molecule has 1 rings (SSSR count). The topological polar surface area (TPSA) is 15.3 Å². The minimum atomic E-state index is 0.528. The molecule has 2 heteroatoms. The van der Waals surface area contributed by atoms with E-state index < -0.39 is 0 Å². The summed E-state index contributed by atoms with van der Waals surface area (Å²) >= 11 is 0. The first-order chi connectivity index (χ1) is 8.53. The molecule has 0 spiro atoms. The highest BCUT2D eigenvalue weighted by molar-refractivity contribution is 4.89. The van der Waals surface area contributed by atoms with E-state index in [1.807, 2.05) is 0 Å². The minimum Gasteiger partial charge on any atom is -0.319 e. The van der Waals surface area contributed by atoms with E-state index in [1.165, 1.54) is 51.7 Å². The first-order valence-electron chi connectivity index (χ1n) is 7.91. The molecular weight excluding hydrogens is 220 g/mol. The first-order valence-corrected chi connectivity index (χ1v) is 7.91. The Bertz CT molecular complexity index is 217. The van der Waals surface area contributed by atoms with Gasteiger partial charge in [0.05, 0.1) is 0 Å². The van der Waals surface area contributed by atoms with Gasteiger partial charge in [-0.15, -0.1) is 0 Å². The average Bonchev–Trinajstić information content (AvgIpc) is 2.33. The molecule has 2 nitrogen and oxygen atoms in total. The van der Waals surface area contributed by atoms with Crippen molar-refractivity contribution in [3.63, 3.8) is 0 Å². The number of hydrogen-bond donors (Lipinski definition) is 1. The fraction of sp³-hybridized carbons (Fsp3) is 1.00. The van der Waals surface area contributed by atoms with Crippen LogP contribution in [0.1, 0.15) is 59.8 Å². The standard InChI is InChI=1S/C16H34N2/c1-6-11-18(14(2)3)13-16(12-17-5)9-7-15(4)8-10-16/h14-15,17H,6-13H2,1-5H3. The average molecular weight is 254 g/mol. The van der Waals surface area contributed by atoms with Gasteiger partial charge < -0.3 is 10.2 Å². The van der Waals surface area contributed by atoms with E-state index in [0.717, 1.165) is 5.92 Å². The highest BCUT2D eigenvalue weighted by Crippen LogP contribution is 2.39. The van der Waals surface area contributed by atoms with E-state index in [4.69, 9.17) is 0 Å². The number of nitrogens with zero attached hydrogens (tertiary/aromatic N) is 1. The van der Waals surface area contributed by atoms with Crippen LogP contribution in [0.25, 0.3) is 0 Å². The Morgan fingerprint density at radius 2 is 1.89 bits per heavy atom. The third-order valence-electron chi connectivity index (χ3n) is 4.67. The van der Waals surface area contributed by atoms with Crippen molar-refractivity contribution in [2.75, 3.05) is 26.7 Å². The van der Waals surface area contributed by atoms with Gasteiger partial charge in [0.25, 0.3) is 0 Å². The normalized spacial score (nSPS) is 29.2. The second kappa shape index (κ2) is 7.49. The van der Waals surface area contributed by atoms with Crippen molar-refractivity contribution < 1.29 is 0 Å². The Morgan fingerprint density at radius 1 is 1.28 bits per heavy atom. The molecule has 0 aliphatic heterocycles. The third-order valence-corrected chi connectivity index (χ3v) is 4.67.